The number of nitrogens with one attached hydrogen (secondary N) is 1. The van der Waals surface area contributed by atoms with Gasteiger partial charge in [0.15, 0.2) is 5.78 Å². The van der Waals surface area contributed by atoms with E-state index in [1.54, 1.807) is 30.5 Å². The largest absolute Gasteiger partial charge is 0.398 e. The van der Waals surface area contributed by atoms with Crippen molar-refractivity contribution in [2.45, 2.75) is 0 Å². The van der Waals surface area contributed by atoms with Gasteiger partial charge in [-0.15, -0.1) is 0 Å². The summed E-state index contributed by atoms with van der Waals surface area (Å²) in [5.74, 6) is -0.203. The first-order valence-corrected chi connectivity index (χ1v) is 6.59. The van der Waals surface area contributed by atoms with E-state index in [1.165, 1.54) is 6.07 Å². The van der Waals surface area contributed by atoms with Crippen molar-refractivity contribution in [1.82, 2.24) is 4.98 Å². The number of fused-ring (bicyclic) bond motifs is 1. The number of rotatable bonds is 2. The van der Waals surface area contributed by atoms with Gasteiger partial charge in [-0.1, -0.05) is 17.7 Å². The first-order chi connectivity index (χ1) is 10.1. The Labute approximate surface area is 125 Å². The molecule has 0 aliphatic carbocycles. The summed E-state index contributed by atoms with van der Waals surface area (Å²) in [4.78, 5) is 15.6. The van der Waals surface area contributed by atoms with Crippen molar-refractivity contribution in [2.75, 3.05) is 5.73 Å². The van der Waals surface area contributed by atoms with E-state index < -0.39 is 0 Å². The molecular weight excluding hydrogens is 286 g/mol. The Hall–Kier alpha value is -2.77. The average molecular weight is 296 g/mol. The molecule has 0 fully saturated rings. The number of nitrogen functional groups attached to an aromatic ring is 1. The number of H-pyrrole nitrogens is 1. The highest BCUT2D eigenvalue weighted by Gasteiger charge is 2.17. The lowest BCUT2D eigenvalue weighted by molar-refractivity contribution is 0.104. The van der Waals surface area contributed by atoms with E-state index in [0.29, 0.717) is 32.8 Å². The van der Waals surface area contributed by atoms with Crippen molar-refractivity contribution >= 4 is 34.0 Å². The van der Waals surface area contributed by atoms with E-state index in [-0.39, 0.29) is 5.78 Å². The molecule has 0 radical (unpaired) electrons. The molecule has 0 amide bonds. The number of nitrogens with two attached hydrogens (primary N) is 1. The zero-order valence-electron chi connectivity index (χ0n) is 10.9. The van der Waals surface area contributed by atoms with Gasteiger partial charge in [-0.2, -0.15) is 5.26 Å². The maximum absolute atomic E-state index is 12.6. The Morgan fingerprint density at radius 3 is 2.81 bits per heavy atom. The number of hydrogen-bond donors (Lipinski definition) is 2. The zero-order chi connectivity index (χ0) is 15.0. The van der Waals surface area contributed by atoms with Gasteiger partial charge < -0.3 is 10.7 Å². The number of nitrogens with zero attached hydrogens (tertiary/aromatic N) is 1. The number of nitriles is 1. The molecule has 3 aromatic rings. The number of carbonyl (C=O) groups is 1. The van der Waals surface area contributed by atoms with E-state index in [4.69, 9.17) is 17.3 Å². The molecule has 0 unspecified atom stereocenters. The summed E-state index contributed by atoms with van der Waals surface area (Å²) in [6, 6.07) is 12.1. The lowest BCUT2D eigenvalue weighted by atomic mass is 10.00. The zero-order valence-corrected chi connectivity index (χ0v) is 11.6. The highest BCUT2D eigenvalue weighted by Crippen LogP contribution is 2.26. The van der Waals surface area contributed by atoms with Crippen LogP contribution in [0, 0.1) is 11.3 Å². The molecule has 1 aromatic heterocycles. The molecule has 1 heterocycles. The molecular formula is C16H10ClN3O. The van der Waals surface area contributed by atoms with Crippen LogP contribution < -0.4 is 5.73 Å². The second-order valence-corrected chi connectivity index (χ2v) is 5.01. The number of halogens is 1. The van der Waals surface area contributed by atoms with Crippen LogP contribution >= 0.6 is 11.6 Å². The smallest absolute Gasteiger partial charge is 0.195 e. The molecule has 4 nitrogen and oxygen atoms in total. The van der Waals surface area contributed by atoms with Gasteiger partial charge >= 0.3 is 0 Å². The Morgan fingerprint density at radius 2 is 2.10 bits per heavy atom. The molecule has 0 bridgehead atoms. The lowest BCUT2D eigenvalue weighted by Gasteiger charge is -2.03. The van der Waals surface area contributed by atoms with Crippen LogP contribution in [0.15, 0.2) is 42.6 Å². The van der Waals surface area contributed by atoms with Crippen molar-refractivity contribution in [2.24, 2.45) is 0 Å². The molecule has 0 saturated heterocycles. The van der Waals surface area contributed by atoms with E-state index in [9.17, 15) is 10.1 Å². The first-order valence-electron chi connectivity index (χ1n) is 6.21. The maximum Gasteiger partial charge on any atom is 0.195 e. The predicted molar refractivity (Wildman–Crippen MR) is 82.3 cm³/mol. The Bertz CT molecular complexity index is 906. The second-order valence-electron chi connectivity index (χ2n) is 4.61. The van der Waals surface area contributed by atoms with Crippen molar-refractivity contribution < 1.29 is 4.79 Å². The van der Waals surface area contributed by atoms with Crippen LogP contribution in [0.2, 0.25) is 5.02 Å². The lowest BCUT2D eigenvalue weighted by Crippen LogP contribution is -2.01. The number of benzene rings is 2. The fourth-order valence-electron chi connectivity index (χ4n) is 2.28. The minimum Gasteiger partial charge on any atom is -0.398 e. The van der Waals surface area contributed by atoms with Crippen LogP contribution in [-0.4, -0.2) is 10.8 Å². The van der Waals surface area contributed by atoms with Gasteiger partial charge in [0.2, 0.25) is 0 Å². The van der Waals surface area contributed by atoms with Gasteiger partial charge in [0.05, 0.1) is 22.3 Å². The molecule has 5 heteroatoms. The minimum absolute atomic E-state index is 0.203. The Kier molecular flexibility index (Phi) is 3.13. The van der Waals surface area contributed by atoms with Crippen LogP contribution in [0.5, 0.6) is 0 Å². The van der Waals surface area contributed by atoms with E-state index in [1.807, 2.05) is 6.07 Å². The summed E-state index contributed by atoms with van der Waals surface area (Å²) in [6.07, 6.45) is 1.61. The number of aromatic amines is 1. The molecule has 102 valence electrons. The fraction of sp³-hybridized carbons (Fsp3) is 0. The SMILES string of the molecule is N#Cc1cccc2[nH]cc(C(=O)c3ccc(N)c(Cl)c3)c12. The van der Waals surface area contributed by atoms with Crippen LogP contribution in [0.4, 0.5) is 5.69 Å². The summed E-state index contributed by atoms with van der Waals surface area (Å²) >= 11 is 5.96. The van der Waals surface area contributed by atoms with E-state index >= 15 is 0 Å². The van der Waals surface area contributed by atoms with Gasteiger partial charge in [0, 0.05) is 28.2 Å². The quantitative estimate of drug-likeness (QED) is 0.560. The number of ketones is 1. The summed E-state index contributed by atoms with van der Waals surface area (Å²) in [7, 11) is 0. The molecule has 0 aliphatic rings. The van der Waals surface area contributed by atoms with Crippen LogP contribution in [0.3, 0.4) is 0 Å². The van der Waals surface area contributed by atoms with E-state index in [2.05, 4.69) is 11.1 Å². The molecule has 3 rings (SSSR count). The number of carbonyl (C=O) groups excluding carboxylic acids is 1. The van der Waals surface area contributed by atoms with Gasteiger partial charge in [0.25, 0.3) is 0 Å². The van der Waals surface area contributed by atoms with Crippen molar-refractivity contribution in [3.63, 3.8) is 0 Å². The maximum atomic E-state index is 12.6. The molecule has 0 atom stereocenters. The number of hydrogen-bond acceptors (Lipinski definition) is 3. The number of aromatic nitrogens is 1. The topological polar surface area (TPSA) is 82.7 Å². The Balaban J connectivity index is 2.18. The predicted octanol–water partition coefficient (Wildman–Crippen LogP) is 3.51. The molecule has 0 aliphatic heterocycles. The van der Waals surface area contributed by atoms with Gasteiger partial charge in [-0.05, 0) is 30.3 Å². The normalized spacial score (nSPS) is 10.5. The van der Waals surface area contributed by atoms with E-state index in [0.717, 1.165) is 5.52 Å². The molecule has 0 saturated carbocycles. The molecule has 0 spiro atoms. The average Bonchev–Trinajstić information content (AvgIpc) is 2.93. The van der Waals surface area contributed by atoms with Gasteiger partial charge in [-0.25, -0.2) is 0 Å². The van der Waals surface area contributed by atoms with Crippen LogP contribution in [-0.2, 0) is 0 Å². The first kappa shape index (κ1) is 13.2. The molecule has 2 aromatic carbocycles. The highest BCUT2D eigenvalue weighted by molar-refractivity contribution is 6.33. The van der Waals surface area contributed by atoms with Crippen LogP contribution in [0.25, 0.3) is 10.9 Å². The van der Waals surface area contributed by atoms with Gasteiger partial charge in [-0.3, -0.25) is 4.79 Å². The summed E-state index contributed by atoms with van der Waals surface area (Å²) in [6.45, 7) is 0. The third kappa shape index (κ3) is 2.14. The molecule has 21 heavy (non-hydrogen) atoms. The van der Waals surface area contributed by atoms with Crippen LogP contribution in [0.1, 0.15) is 21.5 Å². The third-order valence-corrected chi connectivity index (χ3v) is 3.66. The van der Waals surface area contributed by atoms with Gasteiger partial charge in [0.1, 0.15) is 0 Å². The fourth-order valence-corrected chi connectivity index (χ4v) is 2.46. The summed E-state index contributed by atoms with van der Waals surface area (Å²) < 4.78 is 0. The highest BCUT2D eigenvalue weighted by atomic mass is 35.5. The third-order valence-electron chi connectivity index (χ3n) is 3.33. The number of anilines is 1. The Morgan fingerprint density at radius 1 is 1.29 bits per heavy atom. The summed E-state index contributed by atoms with van der Waals surface area (Å²) in [5, 5.41) is 10.2. The molecule has 3 N–H and O–H groups in total. The van der Waals surface area contributed by atoms with Crippen molar-refractivity contribution in [3.05, 3.63) is 64.3 Å². The summed E-state index contributed by atoms with van der Waals surface area (Å²) in [5.41, 5.74) is 8.16. The standard InChI is InChI=1S/C16H10ClN3O/c17-12-6-9(4-5-13(12)19)16(21)11-8-20-14-3-1-2-10(7-18)15(11)14/h1-6,8,20H,19H2. The monoisotopic (exact) mass is 295 g/mol. The van der Waals surface area contributed by atoms with Crippen molar-refractivity contribution in [3.8, 4) is 6.07 Å². The second kappa shape index (κ2) is 4.97. The van der Waals surface area contributed by atoms with Crippen molar-refractivity contribution in [1.29, 1.82) is 5.26 Å². The minimum atomic E-state index is -0.203.